The number of nitrogens with zero attached hydrogens (tertiary/aromatic N) is 2. The van der Waals surface area contributed by atoms with Gasteiger partial charge in [-0.05, 0) is 35.7 Å². The molecule has 0 unspecified atom stereocenters. The Morgan fingerprint density at radius 1 is 1.25 bits per heavy atom. The number of anilines is 1. The molecule has 0 amide bonds. The van der Waals surface area contributed by atoms with E-state index in [1.54, 1.807) is 41.8 Å². The van der Waals surface area contributed by atoms with Crippen LogP contribution in [0.1, 0.15) is 4.88 Å². The summed E-state index contributed by atoms with van der Waals surface area (Å²) in [4.78, 5) is 16.3. The maximum atomic E-state index is 11.3. The van der Waals surface area contributed by atoms with Crippen molar-refractivity contribution in [1.82, 2.24) is 4.98 Å². The third-order valence-corrected chi connectivity index (χ3v) is 3.85. The van der Waals surface area contributed by atoms with Crippen LogP contribution < -0.4 is 5.32 Å². The first-order valence-corrected chi connectivity index (χ1v) is 6.92. The van der Waals surface area contributed by atoms with Gasteiger partial charge >= 0.3 is 5.69 Å². The zero-order chi connectivity index (χ0) is 13.9. The van der Waals surface area contributed by atoms with Gasteiger partial charge in [0.1, 0.15) is 5.69 Å². The molecule has 0 saturated heterocycles. The number of pyridine rings is 1. The molecule has 0 aliphatic rings. The summed E-state index contributed by atoms with van der Waals surface area (Å²) in [6.45, 7) is 0.574. The van der Waals surface area contributed by atoms with Gasteiger partial charge in [-0.15, -0.1) is 11.3 Å². The second-order valence-electron chi connectivity index (χ2n) is 4.22. The minimum absolute atomic E-state index is 0.0761. The molecule has 20 heavy (non-hydrogen) atoms. The summed E-state index contributed by atoms with van der Waals surface area (Å²) in [7, 11) is 0. The van der Waals surface area contributed by atoms with Gasteiger partial charge in [0.25, 0.3) is 0 Å². The summed E-state index contributed by atoms with van der Waals surface area (Å²) >= 11 is 1.62. The summed E-state index contributed by atoms with van der Waals surface area (Å²) in [5.41, 5.74) is 1.22. The van der Waals surface area contributed by atoms with Crippen molar-refractivity contribution in [2.24, 2.45) is 0 Å². The molecule has 0 aliphatic carbocycles. The number of fused-ring (bicyclic) bond motifs is 1. The standard InChI is InChI=1S/C14H11N3O2S/c18-17(19)14-11-4-1-7-15-12(11)5-6-13(14)16-9-10-3-2-8-20-10/h1-8,16H,9H2. The van der Waals surface area contributed by atoms with Crippen molar-refractivity contribution in [2.75, 3.05) is 5.32 Å². The van der Waals surface area contributed by atoms with Gasteiger partial charge in [0.2, 0.25) is 0 Å². The molecule has 3 rings (SSSR count). The monoisotopic (exact) mass is 285 g/mol. The van der Waals surface area contributed by atoms with Crippen LogP contribution in [0, 0.1) is 10.1 Å². The predicted molar refractivity (Wildman–Crippen MR) is 80.0 cm³/mol. The van der Waals surface area contributed by atoms with Crippen LogP contribution in [0.15, 0.2) is 48.0 Å². The van der Waals surface area contributed by atoms with Gasteiger partial charge in [0, 0.05) is 17.6 Å². The topological polar surface area (TPSA) is 68.1 Å². The molecule has 6 heteroatoms. The Bertz CT molecular complexity index is 756. The highest BCUT2D eigenvalue weighted by molar-refractivity contribution is 7.09. The van der Waals surface area contributed by atoms with Crippen molar-refractivity contribution in [3.8, 4) is 0 Å². The van der Waals surface area contributed by atoms with E-state index < -0.39 is 0 Å². The highest BCUT2D eigenvalue weighted by Gasteiger charge is 2.18. The van der Waals surface area contributed by atoms with Gasteiger partial charge in [-0.3, -0.25) is 15.1 Å². The van der Waals surface area contributed by atoms with Crippen molar-refractivity contribution in [3.05, 3.63) is 63.0 Å². The van der Waals surface area contributed by atoms with Crippen molar-refractivity contribution in [1.29, 1.82) is 0 Å². The van der Waals surface area contributed by atoms with Crippen molar-refractivity contribution in [2.45, 2.75) is 6.54 Å². The largest absolute Gasteiger partial charge is 0.375 e. The zero-order valence-corrected chi connectivity index (χ0v) is 11.3. The van der Waals surface area contributed by atoms with Crippen molar-refractivity contribution in [3.63, 3.8) is 0 Å². The molecular formula is C14H11N3O2S. The predicted octanol–water partition coefficient (Wildman–Crippen LogP) is 3.82. The van der Waals surface area contributed by atoms with E-state index in [0.29, 0.717) is 23.1 Å². The lowest BCUT2D eigenvalue weighted by Gasteiger charge is -2.07. The fourth-order valence-corrected chi connectivity index (χ4v) is 2.72. The smallest absolute Gasteiger partial charge is 0.301 e. The Kier molecular flexibility index (Phi) is 3.30. The number of nitro benzene ring substituents is 1. The Labute approximate surface area is 119 Å². The van der Waals surface area contributed by atoms with Crippen molar-refractivity contribution < 1.29 is 4.92 Å². The fourth-order valence-electron chi connectivity index (χ4n) is 2.07. The van der Waals surface area contributed by atoms with Crippen molar-refractivity contribution >= 4 is 33.6 Å². The number of nitro groups is 1. The third-order valence-electron chi connectivity index (χ3n) is 2.97. The maximum Gasteiger partial charge on any atom is 0.301 e. The van der Waals surface area contributed by atoms with E-state index in [1.807, 2.05) is 17.5 Å². The number of rotatable bonds is 4. The SMILES string of the molecule is O=[N+]([O-])c1c(NCc2cccs2)ccc2ncccc12. The van der Waals surface area contributed by atoms with Crippen LogP contribution in [0.25, 0.3) is 10.9 Å². The molecule has 2 aromatic heterocycles. The molecule has 0 atom stereocenters. The summed E-state index contributed by atoms with van der Waals surface area (Å²) in [6.07, 6.45) is 1.63. The molecule has 1 aromatic carbocycles. The van der Waals surface area contributed by atoms with Gasteiger partial charge in [0.15, 0.2) is 0 Å². The van der Waals surface area contributed by atoms with E-state index in [9.17, 15) is 10.1 Å². The first-order valence-electron chi connectivity index (χ1n) is 6.04. The molecular weight excluding hydrogens is 274 g/mol. The Balaban J connectivity index is 2.01. The third kappa shape index (κ3) is 2.33. The summed E-state index contributed by atoms with van der Waals surface area (Å²) in [5.74, 6) is 0. The summed E-state index contributed by atoms with van der Waals surface area (Å²) in [5, 5.41) is 17.0. The fraction of sp³-hybridized carbons (Fsp3) is 0.0714. The lowest BCUT2D eigenvalue weighted by molar-refractivity contribution is -0.382. The van der Waals surface area contributed by atoms with Crippen LogP contribution >= 0.6 is 11.3 Å². The molecule has 5 nitrogen and oxygen atoms in total. The molecule has 100 valence electrons. The van der Waals surface area contributed by atoms with Crippen LogP contribution in [-0.4, -0.2) is 9.91 Å². The van der Waals surface area contributed by atoms with E-state index in [0.717, 1.165) is 4.88 Å². The van der Waals surface area contributed by atoms with E-state index in [-0.39, 0.29) is 10.6 Å². The highest BCUT2D eigenvalue weighted by Crippen LogP contribution is 2.32. The van der Waals surface area contributed by atoms with Crippen LogP contribution in [0.5, 0.6) is 0 Å². The zero-order valence-electron chi connectivity index (χ0n) is 10.4. The maximum absolute atomic E-state index is 11.3. The first-order chi connectivity index (χ1) is 9.75. The number of nitrogens with one attached hydrogen (secondary N) is 1. The van der Waals surface area contributed by atoms with Gasteiger partial charge in [-0.25, -0.2) is 0 Å². The highest BCUT2D eigenvalue weighted by atomic mass is 32.1. The van der Waals surface area contributed by atoms with Crippen LogP contribution in [0.3, 0.4) is 0 Å². The van der Waals surface area contributed by atoms with Gasteiger partial charge < -0.3 is 5.32 Å². The molecule has 0 saturated carbocycles. The first kappa shape index (κ1) is 12.6. The Morgan fingerprint density at radius 2 is 2.15 bits per heavy atom. The Morgan fingerprint density at radius 3 is 2.90 bits per heavy atom. The Hall–Kier alpha value is -2.47. The minimum atomic E-state index is -0.360. The molecule has 2 heterocycles. The lowest BCUT2D eigenvalue weighted by atomic mass is 10.1. The van der Waals surface area contributed by atoms with E-state index in [2.05, 4.69) is 10.3 Å². The van der Waals surface area contributed by atoms with E-state index >= 15 is 0 Å². The lowest BCUT2D eigenvalue weighted by Crippen LogP contribution is -2.02. The van der Waals surface area contributed by atoms with E-state index in [4.69, 9.17) is 0 Å². The molecule has 0 aliphatic heterocycles. The second-order valence-corrected chi connectivity index (χ2v) is 5.25. The molecule has 0 spiro atoms. The quantitative estimate of drug-likeness (QED) is 0.584. The number of thiophene rings is 1. The summed E-state index contributed by atoms with van der Waals surface area (Å²) in [6, 6.07) is 10.9. The normalized spacial score (nSPS) is 10.6. The molecule has 0 radical (unpaired) electrons. The number of hydrogen-bond acceptors (Lipinski definition) is 5. The molecule has 3 aromatic rings. The minimum Gasteiger partial charge on any atom is -0.375 e. The molecule has 0 bridgehead atoms. The average Bonchev–Trinajstić information content (AvgIpc) is 2.97. The van der Waals surface area contributed by atoms with Gasteiger partial charge in [-0.2, -0.15) is 0 Å². The summed E-state index contributed by atoms with van der Waals surface area (Å²) < 4.78 is 0. The van der Waals surface area contributed by atoms with E-state index in [1.165, 1.54) is 0 Å². The van der Waals surface area contributed by atoms with Gasteiger partial charge in [-0.1, -0.05) is 6.07 Å². The number of benzene rings is 1. The van der Waals surface area contributed by atoms with Crippen LogP contribution in [0.2, 0.25) is 0 Å². The molecule has 1 N–H and O–H groups in total. The van der Waals surface area contributed by atoms with Crippen LogP contribution in [0.4, 0.5) is 11.4 Å². The second kappa shape index (κ2) is 5.26. The van der Waals surface area contributed by atoms with Crippen LogP contribution in [-0.2, 0) is 6.54 Å². The van der Waals surface area contributed by atoms with Gasteiger partial charge in [0.05, 0.1) is 15.8 Å². The number of aromatic nitrogens is 1. The average molecular weight is 285 g/mol. The number of hydrogen-bond donors (Lipinski definition) is 1. The molecule has 0 fully saturated rings.